The first kappa shape index (κ1) is 8.54. The summed E-state index contributed by atoms with van der Waals surface area (Å²) in [5.74, 6) is 0. The molecule has 0 saturated carbocycles. The van der Waals surface area contributed by atoms with E-state index in [1.165, 1.54) is 12.1 Å². The van der Waals surface area contributed by atoms with Crippen LogP contribution in [0.25, 0.3) is 0 Å². The molecule has 0 heterocycles. The summed E-state index contributed by atoms with van der Waals surface area (Å²) >= 11 is 0. The molecule has 0 aliphatic heterocycles. The first-order valence-electron chi connectivity index (χ1n) is 3.61. The summed E-state index contributed by atoms with van der Waals surface area (Å²) in [6.45, 7) is 9.36. The van der Waals surface area contributed by atoms with Crippen molar-refractivity contribution in [2.45, 2.75) is 26.7 Å². The van der Waals surface area contributed by atoms with Crippen LogP contribution in [-0.2, 0) is 0 Å². The minimum Gasteiger partial charge on any atom is -0.378 e. The maximum absolute atomic E-state index is 3.92. The Balaban J connectivity index is 3.45. The topological polar surface area (TPSA) is 3.24 Å². The van der Waals surface area contributed by atoms with Crippen molar-refractivity contribution in [2.24, 2.45) is 0 Å². The fourth-order valence-electron chi connectivity index (χ4n) is 0.763. The lowest BCUT2D eigenvalue weighted by molar-refractivity contribution is 0.407. The molecule has 0 atom stereocenters. The Hall–Kier alpha value is -0.460. The molecule has 0 spiro atoms. The van der Waals surface area contributed by atoms with Crippen molar-refractivity contribution in [3.63, 3.8) is 0 Å². The minimum absolute atomic E-state index is 1.07. The van der Waals surface area contributed by atoms with E-state index in [-0.39, 0.29) is 0 Å². The molecule has 0 aromatic carbocycles. The van der Waals surface area contributed by atoms with Gasteiger partial charge in [-0.2, -0.15) is 0 Å². The maximum atomic E-state index is 3.92. The van der Waals surface area contributed by atoms with Gasteiger partial charge in [0.1, 0.15) is 0 Å². The Labute approximate surface area is 58.4 Å². The Morgan fingerprint density at radius 1 is 1.44 bits per heavy atom. The van der Waals surface area contributed by atoms with Crippen molar-refractivity contribution in [2.75, 3.05) is 13.6 Å². The van der Waals surface area contributed by atoms with Crippen molar-refractivity contribution < 1.29 is 0 Å². The molecule has 0 aromatic heterocycles. The number of hydrogen-bond donors (Lipinski definition) is 0. The van der Waals surface area contributed by atoms with Crippen LogP contribution < -0.4 is 0 Å². The largest absolute Gasteiger partial charge is 0.378 e. The lowest BCUT2D eigenvalue weighted by atomic mass is 10.3. The van der Waals surface area contributed by atoms with E-state index in [4.69, 9.17) is 0 Å². The van der Waals surface area contributed by atoms with Crippen LogP contribution in [0.1, 0.15) is 26.7 Å². The standard InChI is InChI=1S/C8H17N/c1-5-7-9(4)8(3)6-2/h3,5-7H2,1-2,4H3. The quantitative estimate of drug-likeness (QED) is 0.560. The van der Waals surface area contributed by atoms with Gasteiger partial charge in [-0.05, 0) is 12.8 Å². The van der Waals surface area contributed by atoms with Gasteiger partial charge in [0.2, 0.25) is 0 Å². The third kappa shape index (κ3) is 3.17. The summed E-state index contributed by atoms with van der Waals surface area (Å²) in [5, 5.41) is 0. The van der Waals surface area contributed by atoms with E-state index in [1.54, 1.807) is 0 Å². The van der Waals surface area contributed by atoms with Crippen molar-refractivity contribution in [3.05, 3.63) is 12.3 Å². The molecule has 0 aliphatic rings. The van der Waals surface area contributed by atoms with Gasteiger partial charge in [0.15, 0.2) is 0 Å². The van der Waals surface area contributed by atoms with Gasteiger partial charge in [-0.3, -0.25) is 0 Å². The molecule has 9 heavy (non-hydrogen) atoms. The molecule has 0 unspecified atom stereocenters. The molecule has 0 rings (SSSR count). The van der Waals surface area contributed by atoms with Crippen LogP contribution in [0.5, 0.6) is 0 Å². The second-order valence-electron chi connectivity index (χ2n) is 2.34. The smallest absolute Gasteiger partial charge is 0.0168 e. The molecule has 0 saturated heterocycles. The molecule has 0 aromatic rings. The zero-order valence-electron chi connectivity index (χ0n) is 6.78. The Morgan fingerprint density at radius 3 is 2.33 bits per heavy atom. The Kier molecular flexibility index (Phi) is 4.20. The minimum atomic E-state index is 1.07. The zero-order chi connectivity index (χ0) is 7.28. The molecule has 0 radical (unpaired) electrons. The van der Waals surface area contributed by atoms with E-state index in [2.05, 4.69) is 32.4 Å². The highest BCUT2D eigenvalue weighted by molar-refractivity contribution is 4.89. The highest BCUT2D eigenvalue weighted by Gasteiger charge is 1.94. The van der Waals surface area contributed by atoms with Crippen LogP contribution in [0.2, 0.25) is 0 Å². The summed E-state index contributed by atoms with van der Waals surface area (Å²) in [4.78, 5) is 2.21. The van der Waals surface area contributed by atoms with Crippen molar-refractivity contribution in [3.8, 4) is 0 Å². The van der Waals surface area contributed by atoms with Crippen LogP contribution in [0.4, 0.5) is 0 Å². The Morgan fingerprint density at radius 2 is 2.00 bits per heavy atom. The van der Waals surface area contributed by atoms with E-state index in [0.29, 0.717) is 0 Å². The normalized spacial score (nSPS) is 9.22. The fourth-order valence-corrected chi connectivity index (χ4v) is 0.763. The second-order valence-corrected chi connectivity index (χ2v) is 2.34. The van der Waals surface area contributed by atoms with Crippen LogP contribution >= 0.6 is 0 Å². The molecule has 0 amide bonds. The predicted octanol–water partition coefficient (Wildman–Crippen LogP) is 2.25. The molecule has 0 fully saturated rings. The summed E-state index contributed by atoms with van der Waals surface area (Å²) in [7, 11) is 2.09. The van der Waals surface area contributed by atoms with E-state index in [1.807, 2.05) is 0 Å². The van der Waals surface area contributed by atoms with Crippen LogP contribution in [0.15, 0.2) is 12.3 Å². The molecule has 54 valence electrons. The van der Waals surface area contributed by atoms with Gasteiger partial charge in [-0.25, -0.2) is 0 Å². The third-order valence-electron chi connectivity index (χ3n) is 1.51. The first-order chi connectivity index (χ1) is 4.22. The van der Waals surface area contributed by atoms with Gasteiger partial charge >= 0.3 is 0 Å². The highest BCUT2D eigenvalue weighted by Crippen LogP contribution is 2.02. The second kappa shape index (κ2) is 4.42. The first-order valence-corrected chi connectivity index (χ1v) is 3.61. The van der Waals surface area contributed by atoms with Crippen molar-refractivity contribution in [1.29, 1.82) is 0 Å². The number of nitrogens with zero attached hydrogens (tertiary/aromatic N) is 1. The lowest BCUT2D eigenvalue weighted by Gasteiger charge is -2.19. The van der Waals surface area contributed by atoms with Crippen molar-refractivity contribution >= 4 is 0 Å². The molecular weight excluding hydrogens is 110 g/mol. The van der Waals surface area contributed by atoms with Crippen molar-refractivity contribution in [1.82, 2.24) is 4.90 Å². The molecular formula is C8H17N. The average molecular weight is 127 g/mol. The van der Waals surface area contributed by atoms with E-state index in [0.717, 1.165) is 13.0 Å². The Bertz CT molecular complexity index is 86.6. The fraction of sp³-hybridized carbons (Fsp3) is 0.750. The summed E-state index contributed by atoms with van der Waals surface area (Å²) in [6.07, 6.45) is 2.27. The molecule has 0 aliphatic carbocycles. The van der Waals surface area contributed by atoms with E-state index >= 15 is 0 Å². The van der Waals surface area contributed by atoms with Crippen LogP contribution in [0, 0.1) is 0 Å². The maximum Gasteiger partial charge on any atom is 0.0168 e. The van der Waals surface area contributed by atoms with Gasteiger partial charge in [0, 0.05) is 19.3 Å². The monoisotopic (exact) mass is 127 g/mol. The van der Waals surface area contributed by atoms with Gasteiger partial charge in [-0.1, -0.05) is 20.4 Å². The van der Waals surface area contributed by atoms with Gasteiger partial charge in [-0.15, -0.1) is 0 Å². The van der Waals surface area contributed by atoms with Gasteiger partial charge in [0.25, 0.3) is 0 Å². The number of hydrogen-bond acceptors (Lipinski definition) is 1. The number of allylic oxidation sites excluding steroid dienone is 1. The number of rotatable bonds is 4. The third-order valence-corrected chi connectivity index (χ3v) is 1.51. The predicted molar refractivity (Wildman–Crippen MR) is 42.4 cm³/mol. The zero-order valence-corrected chi connectivity index (χ0v) is 6.78. The van der Waals surface area contributed by atoms with Crippen LogP contribution in [-0.4, -0.2) is 18.5 Å². The average Bonchev–Trinajstić information content (AvgIpc) is 1.87. The SMILES string of the molecule is C=C(CC)N(C)CCC. The van der Waals surface area contributed by atoms with Crippen LogP contribution in [0.3, 0.4) is 0 Å². The molecule has 0 bridgehead atoms. The lowest BCUT2D eigenvalue weighted by Crippen LogP contribution is -2.16. The van der Waals surface area contributed by atoms with Gasteiger partial charge in [0.05, 0.1) is 0 Å². The molecule has 0 N–H and O–H groups in total. The van der Waals surface area contributed by atoms with E-state index < -0.39 is 0 Å². The summed E-state index contributed by atoms with van der Waals surface area (Å²) in [6, 6.07) is 0. The molecule has 1 nitrogen and oxygen atoms in total. The summed E-state index contributed by atoms with van der Waals surface area (Å²) < 4.78 is 0. The summed E-state index contributed by atoms with van der Waals surface area (Å²) in [5.41, 5.74) is 1.23. The molecule has 1 heteroatoms. The van der Waals surface area contributed by atoms with E-state index in [9.17, 15) is 0 Å². The van der Waals surface area contributed by atoms with Gasteiger partial charge < -0.3 is 4.90 Å². The highest BCUT2D eigenvalue weighted by atomic mass is 15.1.